The second kappa shape index (κ2) is 5.67. The van der Waals surface area contributed by atoms with E-state index in [-0.39, 0.29) is 11.9 Å². The van der Waals surface area contributed by atoms with E-state index in [1.807, 2.05) is 31.0 Å². The fourth-order valence-corrected chi connectivity index (χ4v) is 2.36. The summed E-state index contributed by atoms with van der Waals surface area (Å²) in [5, 5.41) is 0. The van der Waals surface area contributed by atoms with Crippen LogP contribution in [0.4, 0.5) is 10.1 Å². The minimum atomic E-state index is -0.196. The van der Waals surface area contributed by atoms with Gasteiger partial charge in [0.25, 0.3) is 0 Å². The molecule has 2 N–H and O–H groups in total. The van der Waals surface area contributed by atoms with Crippen LogP contribution in [0.5, 0.6) is 0 Å². The van der Waals surface area contributed by atoms with Crippen LogP contribution in [0.2, 0.25) is 0 Å². The monoisotopic (exact) mass is 252 g/mol. The molecule has 4 heteroatoms. The Bertz CT molecular complexity index is 403. The number of hydrogen-bond donors (Lipinski definition) is 1. The van der Waals surface area contributed by atoms with Gasteiger partial charge in [-0.2, -0.15) is 0 Å². The van der Waals surface area contributed by atoms with Crippen LogP contribution in [0, 0.1) is 5.82 Å². The Balaban J connectivity index is 2.16. The minimum absolute atomic E-state index is 0.137. The van der Waals surface area contributed by atoms with Crippen LogP contribution in [0.1, 0.15) is 31.4 Å². The molecule has 100 valence electrons. The Morgan fingerprint density at radius 3 is 2.61 bits per heavy atom. The first-order valence-corrected chi connectivity index (χ1v) is 6.45. The van der Waals surface area contributed by atoms with Crippen molar-refractivity contribution in [1.82, 2.24) is 0 Å². The first-order valence-electron chi connectivity index (χ1n) is 6.45. The van der Waals surface area contributed by atoms with E-state index < -0.39 is 0 Å². The van der Waals surface area contributed by atoms with Crippen molar-refractivity contribution in [1.29, 1.82) is 0 Å². The summed E-state index contributed by atoms with van der Waals surface area (Å²) in [7, 11) is 1.94. The average Bonchev–Trinajstić information content (AvgIpc) is 2.38. The molecule has 1 aliphatic heterocycles. The number of benzene rings is 1. The summed E-state index contributed by atoms with van der Waals surface area (Å²) in [5.74, 6) is -0.196. The van der Waals surface area contributed by atoms with Crippen LogP contribution in [0.15, 0.2) is 18.2 Å². The molecule has 1 saturated heterocycles. The molecule has 18 heavy (non-hydrogen) atoms. The van der Waals surface area contributed by atoms with Crippen molar-refractivity contribution in [2.75, 3.05) is 25.2 Å². The van der Waals surface area contributed by atoms with Gasteiger partial charge >= 0.3 is 0 Å². The molecule has 1 unspecified atom stereocenters. The van der Waals surface area contributed by atoms with Crippen molar-refractivity contribution in [3.63, 3.8) is 0 Å². The number of halogens is 1. The number of anilines is 1. The maximum absolute atomic E-state index is 14.1. The third kappa shape index (κ3) is 2.82. The lowest BCUT2D eigenvalue weighted by molar-refractivity contribution is 0.0853. The van der Waals surface area contributed by atoms with Crippen molar-refractivity contribution in [2.24, 2.45) is 5.73 Å². The van der Waals surface area contributed by atoms with Crippen LogP contribution in [0.25, 0.3) is 0 Å². The van der Waals surface area contributed by atoms with Crippen LogP contribution < -0.4 is 10.6 Å². The highest BCUT2D eigenvalue weighted by Crippen LogP contribution is 2.26. The van der Waals surface area contributed by atoms with Gasteiger partial charge in [0, 0.05) is 32.3 Å². The Kier molecular flexibility index (Phi) is 4.19. The Morgan fingerprint density at radius 2 is 2.06 bits per heavy atom. The zero-order valence-electron chi connectivity index (χ0n) is 11.0. The van der Waals surface area contributed by atoms with Crippen LogP contribution in [0.3, 0.4) is 0 Å². The highest BCUT2D eigenvalue weighted by molar-refractivity contribution is 5.49. The molecule has 3 nitrogen and oxygen atoms in total. The van der Waals surface area contributed by atoms with Crippen LogP contribution in [-0.4, -0.2) is 26.3 Å². The first kappa shape index (κ1) is 13.3. The van der Waals surface area contributed by atoms with E-state index in [9.17, 15) is 4.39 Å². The molecule has 0 bridgehead atoms. The zero-order valence-corrected chi connectivity index (χ0v) is 11.0. The number of rotatable bonds is 3. The third-order valence-corrected chi connectivity index (χ3v) is 3.62. The van der Waals surface area contributed by atoms with E-state index in [0.717, 1.165) is 31.6 Å². The molecule has 0 aromatic heterocycles. The lowest BCUT2D eigenvalue weighted by atomic mass is 10.0. The number of ether oxygens (including phenoxy) is 1. The molecule has 2 rings (SSSR count). The second-order valence-electron chi connectivity index (χ2n) is 4.95. The number of nitrogens with two attached hydrogens (primary N) is 1. The van der Waals surface area contributed by atoms with Gasteiger partial charge in [-0.05, 0) is 37.5 Å². The van der Waals surface area contributed by atoms with E-state index in [1.165, 1.54) is 6.07 Å². The molecule has 0 amide bonds. The van der Waals surface area contributed by atoms with E-state index in [2.05, 4.69) is 0 Å². The van der Waals surface area contributed by atoms with E-state index in [4.69, 9.17) is 10.5 Å². The van der Waals surface area contributed by atoms with Gasteiger partial charge in [0.1, 0.15) is 5.82 Å². The normalized spacial score (nSPS) is 18.7. The molecule has 0 spiro atoms. The van der Waals surface area contributed by atoms with Gasteiger partial charge in [-0.1, -0.05) is 6.07 Å². The SMILES string of the molecule is CC(N)c1ccc(N(C)C2CCOCC2)c(F)c1. The molecule has 0 saturated carbocycles. The summed E-state index contributed by atoms with van der Waals surface area (Å²) in [4.78, 5) is 2.02. The first-order chi connectivity index (χ1) is 8.59. The summed E-state index contributed by atoms with van der Waals surface area (Å²) in [5.41, 5.74) is 7.23. The lowest BCUT2D eigenvalue weighted by Crippen LogP contribution is -2.37. The molecule has 0 radical (unpaired) electrons. The topological polar surface area (TPSA) is 38.5 Å². The predicted octanol–water partition coefficient (Wildman–Crippen LogP) is 2.46. The summed E-state index contributed by atoms with van der Waals surface area (Å²) < 4.78 is 19.4. The number of hydrogen-bond acceptors (Lipinski definition) is 3. The van der Waals surface area contributed by atoms with E-state index in [0.29, 0.717) is 11.7 Å². The highest BCUT2D eigenvalue weighted by Gasteiger charge is 2.21. The van der Waals surface area contributed by atoms with Gasteiger partial charge in [0.05, 0.1) is 5.69 Å². The molecular weight excluding hydrogens is 231 g/mol. The summed E-state index contributed by atoms with van der Waals surface area (Å²) in [6, 6.07) is 5.48. The average molecular weight is 252 g/mol. The van der Waals surface area contributed by atoms with Crippen molar-refractivity contribution in [3.05, 3.63) is 29.6 Å². The fraction of sp³-hybridized carbons (Fsp3) is 0.571. The summed E-state index contributed by atoms with van der Waals surface area (Å²) >= 11 is 0. The molecule has 1 aromatic rings. The minimum Gasteiger partial charge on any atom is -0.381 e. The zero-order chi connectivity index (χ0) is 13.1. The predicted molar refractivity (Wildman–Crippen MR) is 71.2 cm³/mol. The molecule has 0 aliphatic carbocycles. The standard InChI is InChI=1S/C14H21FN2O/c1-10(16)11-3-4-14(13(15)9-11)17(2)12-5-7-18-8-6-12/h3-4,9-10,12H,5-8,16H2,1-2H3. The third-order valence-electron chi connectivity index (χ3n) is 3.62. The lowest BCUT2D eigenvalue weighted by Gasteiger charge is -2.33. The van der Waals surface area contributed by atoms with E-state index in [1.54, 1.807) is 0 Å². The van der Waals surface area contributed by atoms with Crippen molar-refractivity contribution in [3.8, 4) is 0 Å². The Hall–Kier alpha value is -1.13. The van der Waals surface area contributed by atoms with Crippen LogP contribution >= 0.6 is 0 Å². The largest absolute Gasteiger partial charge is 0.381 e. The Labute approximate surface area is 108 Å². The Morgan fingerprint density at radius 1 is 1.39 bits per heavy atom. The van der Waals surface area contributed by atoms with Gasteiger partial charge in [0.2, 0.25) is 0 Å². The second-order valence-corrected chi connectivity index (χ2v) is 4.95. The smallest absolute Gasteiger partial charge is 0.146 e. The van der Waals surface area contributed by atoms with Gasteiger partial charge in [-0.3, -0.25) is 0 Å². The van der Waals surface area contributed by atoms with Gasteiger partial charge in [-0.25, -0.2) is 4.39 Å². The molecule has 1 atom stereocenters. The maximum atomic E-state index is 14.1. The summed E-state index contributed by atoms with van der Waals surface area (Å²) in [6.07, 6.45) is 1.90. The highest BCUT2D eigenvalue weighted by atomic mass is 19.1. The molecular formula is C14H21FN2O. The van der Waals surface area contributed by atoms with E-state index >= 15 is 0 Å². The molecule has 1 aromatic carbocycles. The molecule has 1 fully saturated rings. The van der Waals surface area contributed by atoms with Crippen LogP contribution in [-0.2, 0) is 4.74 Å². The fourth-order valence-electron chi connectivity index (χ4n) is 2.36. The number of nitrogens with zero attached hydrogens (tertiary/aromatic N) is 1. The van der Waals surface area contributed by atoms with Crippen molar-refractivity contribution in [2.45, 2.75) is 31.8 Å². The molecule has 1 aliphatic rings. The van der Waals surface area contributed by atoms with Crippen molar-refractivity contribution < 1.29 is 9.13 Å². The van der Waals surface area contributed by atoms with Gasteiger partial charge in [-0.15, -0.1) is 0 Å². The quantitative estimate of drug-likeness (QED) is 0.898. The van der Waals surface area contributed by atoms with Gasteiger partial charge in [0.15, 0.2) is 0 Å². The maximum Gasteiger partial charge on any atom is 0.146 e. The summed E-state index contributed by atoms with van der Waals surface area (Å²) in [6.45, 7) is 3.37. The molecule has 1 heterocycles. The van der Waals surface area contributed by atoms with Gasteiger partial charge < -0.3 is 15.4 Å². The van der Waals surface area contributed by atoms with Crippen molar-refractivity contribution >= 4 is 5.69 Å².